The molecule has 158 valence electrons. The maximum Gasteiger partial charge on any atom is 0.227 e. The summed E-state index contributed by atoms with van der Waals surface area (Å²) in [4.78, 5) is 31.2. The van der Waals surface area contributed by atoms with Gasteiger partial charge in [-0.25, -0.2) is 0 Å². The first kappa shape index (κ1) is 24.4. The highest BCUT2D eigenvalue weighted by atomic mass is 35.5. The molecule has 9 heteroatoms. The van der Waals surface area contributed by atoms with Gasteiger partial charge in [-0.05, 0) is 25.7 Å². The van der Waals surface area contributed by atoms with Crippen LogP contribution in [-0.2, 0) is 14.3 Å². The van der Waals surface area contributed by atoms with Gasteiger partial charge in [0.15, 0.2) is 0 Å². The van der Waals surface area contributed by atoms with E-state index in [9.17, 15) is 9.59 Å². The van der Waals surface area contributed by atoms with Crippen LogP contribution in [0.25, 0.3) is 0 Å². The molecular weight excluding hydrogens is 391 g/mol. The summed E-state index contributed by atoms with van der Waals surface area (Å²) in [6, 6.07) is 0.195. The maximum absolute atomic E-state index is 12.8. The number of nitrogens with two attached hydrogens (primary N) is 1. The fourth-order valence-corrected chi connectivity index (χ4v) is 4.14. The van der Waals surface area contributed by atoms with Crippen molar-refractivity contribution < 1.29 is 14.3 Å². The summed E-state index contributed by atoms with van der Waals surface area (Å²) in [5.41, 5.74) is 5.98. The molecule has 0 aromatic rings. The summed E-state index contributed by atoms with van der Waals surface area (Å²) in [6.45, 7) is 9.17. The zero-order valence-electron chi connectivity index (χ0n) is 16.2. The first-order valence-electron chi connectivity index (χ1n) is 9.67. The second-order valence-corrected chi connectivity index (χ2v) is 7.72. The van der Waals surface area contributed by atoms with Gasteiger partial charge in [0.1, 0.15) is 0 Å². The van der Waals surface area contributed by atoms with Crippen LogP contribution in [0.2, 0.25) is 0 Å². The van der Waals surface area contributed by atoms with Gasteiger partial charge in [-0.2, -0.15) is 0 Å². The Hall–Kier alpha value is -0.600. The van der Waals surface area contributed by atoms with Crippen LogP contribution in [-0.4, -0.2) is 91.6 Å². The Labute approximate surface area is 174 Å². The van der Waals surface area contributed by atoms with Gasteiger partial charge in [-0.15, -0.1) is 24.8 Å². The highest BCUT2D eigenvalue weighted by molar-refractivity contribution is 5.89. The molecule has 27 heavy (non-hydrogen) atoms. The summed E-state index contributed by atoms with van der Waals surface area (Å²) in [5, 5.41) is 0. The van der Waals surface area contributed by atoms with Crippen molar-refractivity contribution in [1.29, 1.82) is 0 Å². The molecule has 3 rings (SSSR count). The number of halogens is 2. The molecule has 3 aliphatic heterocycles. The predicted molar refractivity (Wildman–Crippen MR) is 109 cm³/mol. The molecule has 0 spiro atoms. The summed E-state index contributed by atoms with van der Waals surface area (Å²) in [7, 11) is 0. The first-order chi connectivity index (χ1) is 12.0. The minimum atomic E-state index is -0.163. The molecule has 0 saturated carbocycles. The normalized spacial score (nSPS) is 25.7. The van der Waals surface area contributed by atoms with Crippen LogP contribution >= 0.6 is 24.8 Å². The molecule has 0 aliphatic carbocycles. The lowest BCUT2D eigenvalue weighted by Crippen LogP contribution is -2.45. The Morgan fingerprint density at radius 3 is 2.37 bits per heavy atom. The lowest BCUT2D eigenvalue weighted by atomic mass is 9.90. The fourth-order valence-electron chi connectivity index (χ4n) is 4.14. The van der Waals surface area contributed by atoms with E-state index in [0.717, 1.165) is 65.3 Å². The molecule has 3 heterocycles. The molecule has 3 aliphatic rings. The number of hydrogen-bond donors (Lipinski definition) is 1. The molecule has 2 N–H and O–H groups in total. The lowest BCUT2D eigenvalue weighted by Gasteiger charge is -2.35. The van der Waals surface area contributed by atoms with Crippen molar-refractivity contribution in [2.45, 2.75) is 32.2 Å². The van der Waals surface area contributed by atoms with E-state index in [1.807, 2.05) is 16.7 Å². The number of rotatable bonds is 5. The van der Waals surface area contributed by atoms with E-state index in [0.29, 0.717) is 18.9 Å². The van der Waals surface area contributed by atoms with E-state index < -0.39 is 0 Å². The third-order valence-corrected chi connectivity index (χ3v) is 5.95. The van der Waals surface area contributed by atoms with Gasteiger partial charge in [-0.1, -0.05) is 0 Å². The quantitative estimate of drug-likeness (QED) is 0.698. The molecule has 2 amide bonds. The van der Waals surface area contributed by atoms with Crippen molar-refractivity contribution >= 4 is 36.6 Å². The fraction of sp³-hybridized carbons (Fsp3) is 0.889. The number of carbonyl (C=O) groups excluding carboxylic acids is 2. The van der Waals surface area contributed by atoms with E-state index in [1.165, 1.54) is 0 Å². The highest BCUT2D eigenvalue weighted by Gasteiger charge is 2.37. The Morgan fingerprint density at radius 1 is 1.15 bits per heavy atom. The average molecular weight is 425 g/mol. The lowest BCUT2D eigenvalue weighted by molar-refractivity contribution is -0.137. The third-order valence-electron chi connectivity index (χ3n) is 5.95. The van der Waals surface area contributed by atoms with Crippen molar-refractivity contribution in [3.05, 3.63) is 0 Å². The molecule has 0 radical (unpaired) electrons. The zero-order valence-corrected chi connectivity index (χ0v) is 17.8. The standard InChI is InChI=1S/C18H32N4O3.2ClH/c1-14(19)15-2-4-21(5-3-15)18(24)16-12-17(23)22(13-16)7-6-20-8-10-25-11-9-20;;/h14-16H,2-13,19H2,1H3;2*1H. The van der Waals surface area contributed by atoms with Gasteiger partial charge < -0.3 is 20.3 Å². The number of likely N-dealkylation sites (tertiary alicyclic amines) is 2. The third kappa shape index (κ3) is 6.46. The van der Waals surface area contributed by atoms with E-state index in [4.69, 9.17) is 10.5 Å². The SMILES string of the molecule is CC(N)C1CCN(C(=O)C2CC(=O)N(CCN3CCOCC3)C2)CC1.Cl.Cl. The van der Waals surface area contributed by atoms with Gasteiger partial charge in [-0.3, -0.25) is 14.5 Å². The topological polar surface area (TPSA) is 79.1 Å². The van der Waals surface area contributed by atoms with Crippen molar-refractivity contribution in [3.63, 3.8) is 0 Å². The van der Waals surface area contributed by atoms with Crippen LogP contribution in [0.15, 0.2) is 0 Å². The van der Waals surface area contributed by atoms with E-state index in [2.05, 4.69) is 4.90 Å². The predicted octanol–water partition coefficient (Wildman–Crippen LogP) is 0.597. The minimum absolute atomic E-state index is 0. The second kappa shape index (κ2) is 11.4. The van der Waals surface area contributed by atoms with E-state index in [1.54, 1.807) is 0 Å². The number of amides is 2. The molecular formula is C18H34Cl2N4O3. The second-order valence-electron chi connectivity index (χ2n) is 7.72. The highest BCUT2D eigenvalue weighted by Crippen LogP contribution is 2.25. The molecule has 3 fully saturated rings. The summed E-state index contributed by atoms with van der Waals surface area (Å²) in [6.07, 6.45) is 2.32. The van der Waals surface area contributed by atoms with E-state index in [-0.39, 0.29) is 48.6 Å². The Kier molecular flexibility index (Phi) is 10.3. The van der Waals surface area contributed by atoms with Gasteiger partial charge in [0, 0.05) is 58.3 Å². The number of nitrogens with zero attached hydrogens (tertiary/aromatic N) is 3. The van der Waals surface area contributed by atoms with Crippen molar-refractivity contribution in [1.82, 2.24) is 14.7 Å². The maximum atomic E-state index is 12.8. The van der Waals surface area contributed by atoms with Gasteiger partial charge >= 0.3 is 0 Å². The van der Waals surface area contributed by atoms with Crippen molar-refractivity contribution in [2.24, 2.45) is 17.6 Å². The number of morpholine rings is 1. The molecule has 0 bridgehead atoms. The summed E-state index contributed by atoms with van der Waals surface area (Å²) < 4.78 is 5.35. The number of carbonyl (C=O) groups is 2. The van der Waals surface area contributed by atoms with Crippen molar-refractivity contribution in [2.75, 3.05) is 59.0 Å². The van der Waals surface area contributed by atoms with Crippen LogP contribution in [0.3, 0.4) is 0 Å². The Morgan fingerprint density at radius 2 is 1.78 bits per heavy atom. The zero-order chi connectivity index (χ0) is 17.8. The largest absolute Gasteiger partial charge is 0.379 e. The van der Waals surface area contributed by atoms with Crippen LogP contribution in [0.4, 0.5) is 0 Å². The van der Waals surface area contributed by atoms with Gasteiger partial charge in [0.05, 0.1) is 19.1 Å². The smallest absolute Gasteiger partial charge is 0.227 e. The van der Waals surface area contributed by atoms with Crippen LogP contribution in [0.5, 0.6) is 0 Å². The first-order valence-corrected chi connectivity index (χ1v) is 9.67. The van der Waals surface area contributed by atoms with Crippen molar-refractivity contribution in [3.8, 4) is 0 Å². The summed E-state index contributed by atoms with van der Waals surface area (Å²) >= 11 is 0. The molecule has 0 aromatic carbocycles. The van der Waals surface area contributed by atoms with Crippen LogP contribution in [0.1, 0.15) is 26.2 Å². The molecule has 0 aromatic heterocycles. The minimum Gasteiger partial charge on any atom is -0.379 e. The Bertz CT molecular complexity index is 481. The Balaban J connectivity index is 0.00000182. The molecule has 2 unspecified atom stereocenters. The molecule has 2 atom stereocenters. The monoisotopic (exact) mass is 424 g/mol. The van der Waals surface area contributed by atoms with Gasteiger partial charge in [0.25, 0.3) is 0 Å². The van der Waals surface area contributed by atoms with Gasteiger partial charge in [0.2, 0.25) is 11.8 Å². The molecule has 3 saturated heterocycles. The number of hydrogen-bond acceptors (Lipinski definition) is 5. The number of ether oxygens (including phenoxy) is 1. The van der Waals surface area contributed by atoms with Crippen LogP contribution in [0, 0.1) is 11.8 Å². The molecule has 7 nitrogen and oxygen atoms in total. The summed E-state index contributed by atoms with van der Waals surface area (Å²) in [5.74, 6) is 0.630. The average Bonchev–Trinajstić information content (AvgIpc) is 3.01. The van der Waals surface area contributed by atoms with Crippen LogP contribution < -0.4 is 5.73 Å². The number of piperidine rings is 1. The van der Waals surface area contributed by atoms with E-state index >= 15 is 0 Å².